The summed E-state index contributed by atoms with van der Waals surface area (Å²) >= 11 is 14.3. The number of benzene rings is 2. The highest BCUT2D eigenvalue weighted by atomic mass is 35.5. The van der Waals surface area contributed by atoms with Crippen molar-refractivity contribution in [2.24, 2.45) is 0 Å². The molecular formula is C20H20Cl2N2OS. The van der Waals surface area contributed by atoms with E-state index in [4.69, 9.17) is 27.9 Å². The average molecular weight is 407 g/mol. The number of nitrogens with one attached hydrogen (secondary N) is 1. The summed E-state index contributed by atoms with van der Waals surface area (Å²) < 4.78 is 5.32. The second-order valence-electron chi connectivity index (χ2n) is 6.19. The van der Waals surface area contributed by atoms with E-state index in [0.29, 0.717) is 15.8 Å². The van der Waals surface area contributed by atoms with E-state index >= 15 is 0 Å². The second kappa shape index (κ2) is 8.31. The topological polar surface area (TPSA) is 24.5 Å². The fraction of sp³-hybridized carbons (Fsp3) is 0.200. The molecule has 0 bridgehead atoms. The summed E-state index contributed by atoms with van der Waals surface area (Å²) in [6, 6.07) is 14.1. The van der Waals surface area contributed by atoms with E-state index in [9.17, 15) is 0 Å². The zero-order valence-electron chi connectivity index (χ0n) is 14.8. The van der Waals surface area contributed by atoms with Crippen molar-refractivity contribution in [1.29, 1.82) is 0 Å². The maximum Gasteiger partial charge on any atom is 0.139 e. The third-order valence-corrected chi connectivity index (χ3v) is 5.39. The SMILES string of the molecule is COc1cc(Nc2cc(CN(C)C)ccc2-c2cccs2)c(Cl)cc1Cl. The lowest BCUT2D eigenvalue weighted by atomic mass is 10.1. The fourth-order valence-corrected chi connectivity index (χ4v) is 4.00. The molecule has 0 radical (unpaired) electrons. The molecule has 0 aliphatic rings. The van der Waals surface area contributed by atoms with E-state index < -0.39 is 0 Å². The molecule has 2 aromatic carbocycles. The highest BCUT2D eigenvalue weighted by Gasteiger charge is 2.12. The van der Waals surface area contributed by atoms with E-state index in [1.165, 1.54) is 10.4 Å². The molecule has 0 atom stereocenters. The third kappa shape index (κ3) is 4.33. The third-order valence-electron chi connectivity index (χ3n) is 3.88. The molecule has 1 N–H and O–H groups in total. The Morgan fingerprint density at radius 3 is 2.50 bits per heavy atom. The Balaban J connectivity index is 2.04. The Hall–Kier alpha value is -1.72. The quantitative estimate of drug-likeness (QED) is 0.502. The Morgan fingerprint density at radius 1 is 1.04 bits per heavy atom. The first-order chi connectivity index (χ1) is 12.5. The zero-order chi connectivity index (χ0) is 18.7. The summed E-state index contributed by atoms with van der Waals surface area (Å²) in [5, 5.41) is 6.57. The summed E-state index contributed by atoms with van der Waals surface area (Å²) in [5.41, 5.74) is 4.10. The highest BCUT2D eigenvalue weighted by molar-refractivity contribution is 7.13. The molecule has 0 aliphatic heterocycles. The maximum atomic E-state index is 6.40. The zero-order valence-corrected chi connectivity index (χ0v) is 17.2. The van der Waals surface area contributed by atoms with Crippen LogP contribution in [-0.4, -0.2) is 26.1 Å². The van der Waals surface area contributed by atoms with Crippen LogP contribution in [0.1, 0.15) is 5.56 Å². The number of nitrogens with zero attached hydrogens (tertiary/aromatic N) is 1. The van der Waals surface area contributed by atoms with Gasteiger partial charge in [-0.15, -0.1) is 11.3 Å². The maximum absolute atomic E-state index is 6.40. The molecule has 1 heterocycles. The van der Waals surface area contributed by atoms with Crippen molar-refractivity contribution >= 4 is 45.9 Å². The summed E-state index contributed by atoms with van der Waals surface area (Å²) in [7, 11) is 5.70. The number of ether oxygens (including phenoxy) is 1. The molecule has 136 valence electrons. The van der Waals surface area contributed by atoms with Gasteiger partial charge < -0.3 is 15.0 Å². The standard InChI is InChI=1S/C20H20Cl2N2OS/c1-24(2)12-13-6-7-14(20-5-4-8-26-20)17(9-13)23-18-11-19(25-3)16(22)10-15(18)21/h4-11,23H,12H2,1-3H3. The van der Waals surface area contributed by atoms with Gasteiger partial charge in [-0.1, -0.05) is 41.4 Å². The van der Waals surface area contributed by atoms with Crippen LogP contribution < -0.4 is 10.1 Å². The van der Waals surface area contributed by atoms with Crippen LogP contribution in [0, 0.1) is 0 Å². The highest BCUT2D eigenvalue weighted by Crippen LogP contribution is 2.39. The van der Waals surface area contributed by atoms with E-state index in [1.54, 1.807) is 24.5 Å². The van der Waals surface area contributed by atoms with Gasteiger partial charge in [-0.3, -0.25) is 0 Å². The number of thiophene rings is 1. The van der Waals surface area contributed by atoms with Gasteiger partial charge in [0, 0.05) is 28.7 Å². The molecule has 0 aliphatic carbocycles. The van der Waals surface area contributed by atoms with Crippen LogP contribution in [0.3, 0.4) is 0 Å². The molecule has 0 saturated heterocycles. The van der Waals surface area contributed by atoms with Crippen molar-refractivity contribution in [2.45, 2.75) is 6.54 Å². The number of methoxy groups -OCH3 is 1. The molecule has 0 fully saturated rings. The molecule has 26 heavy (non-hydrogen) atoms. The molecule has 0 unspecified atom stereocenters. The summed E-state index contributed by atoms with van der Waals surface area (Å²) in [6.07, 6.45) is 0. The van der Waals surface area contributed by atoms with Crippen molar-refractivity contribution < 1.29 is 4.74 Å². The van der Waals surface area contributed by atoms with Gasteiger partial charge in [0.05, 0.1) is 22.8 Å². The Bertz CT molecular complexity index is 895. The van der Waals surface area contributed by atoms with E-state index in [1.807, 2.05) is 6.07 Å². The largest absolute Gasteiger partial charge is 0.495 e. The van der Waals surface area contributed by atoms with Crippen LogP contribution in [0.25, 0.3) is 10.4 Å². The van der Waals surface area contributed by atoms with Gasteiger partial charge in [0.1, 0.15) is 5.75 Å². The summed E-state index contributed by atoms with van der Waals surface area (Å²) in [6.45, 7) is 0.858. The fourth-order valence-electron chi connectivity index (χ4n) is 2.73. The molecule has 3 nitrogen and oxygen atoms in total. The minimum absolute atomic E-state index is 0.489. The van der Waals surface area contributed by atoms with Crippen LogP contribution >= 0.6 is 34.5 Å². The van der Waals surface area contributed by atoms with Gasteiger partial charge in [-0.2, -0.15) is 0 Å². The van der Waals surface area contributed by atoms with Crippen LogP contribution in [-0.2, 0) is 6.54 Å². The van der Waals surface area contributed by atoms with Gasteiger partial charge in [0.25, 0.3) is 0 Å². The van der Waals surface area contributed by atoms with Crippen molar-refractivity contribution in [3.8, 4) is 16.2 Å². The minimum atomic E-state index is 0.489. The smallest absolute Gasteiger partial charge is 0.139 e. The van der Waals surface area contributed by atoms with E-state index in [0.717, 1.165) is 23.5 Å². The lowest BCUT2D eigenvalue weighted by Crippen LogP contribution is -2.10. The molecule has 6 heteroatoms. The monoisotopic (exact) mass is 406 g/mol. The van der Waals surface area contributed by atoms with Crippen LogP contribution in [0.4, 0.5) is 11.4 Å². The van der Waals surface area contributed by atoms with Crippen molar-refractivity contribution in [1.82, 2.24) is 4.90 Å². The van der Waals surface area contributed by atoms with Crippen molar-refractivity contribution in [2.75, 3.05) is 26.5 Å². The summed E-state index contributed by atoms with van der Waals surface area (Å²) in [4.78, 5) is 3.34. The average Bonchev–Trinajstić information content (AvgIpc) is 3.11. The first-order valence-electron chi connectivity index (χ1n) is 8.09. The van der Waals surface area contributed by atoms with Crippen molar-refractivity contribution in [3.63, 3.8) is 0 Å². The first kappa shape index (κ1) is 19.1. The predicted molar refractivity (Wildman–Crippen MR) is 113 cm³/mol. The molecule has 3 aromatic rings. The number of anilines is 2. The molecular weight excluding hydrogens is 387 g/mol. The molecule has 3 rings (SSSR count). The number of rotatable bonds is 6. The minimum Gasteiger partial charge on any atom is -0.495 e. The lowest BCUT2D eigenvalue weighted by molar-refractivity contribution is 0.402. The molecule has 0 amide bonds. The Morgan fingerprint density at radius 2 is 1.85 bits per heavy atom. The van der Waals surface area contributed by atoms with Crippen molar-refractivity contribution in [3.05, 3.63) is 63.5 Å². The van der Waals surface area contributed by atoms with E-state index in [-0.39, 0.29) is 0 Å². The number of hydrogen-bond acceptors (Lipinski definition) is 4. The Labute approximate surface area is 168 Å². The van der Waals surface area contributed by atoms with Crippen LogP contribution in [0.5, 0.6) is 5.75 Å². The van der Waals surface area contributed by atoms with Gasteiger partial charge >= 0.3 is 0 Å². The molecule has 1 aromatic heterocycles. The van der Waals surface area contributed by atoms with Gasteiger partial charge in [0.15, 0.2) is 0 Å². The van der Waals surface area contributed by atoms with Gasteiger partial charge in [-0.25, -0.2) is 0 Å². The van der Waals surface area contributed by atoms with Gasteiger partial charge in [-0.05, 0) is 43.2 Å². The first-order valence-corrected chi connectivity index (χ1v) is 9.73. The molecule has 0 saturated carbocycles. The molecule has 0 spiro atoms. The number of halogens is 2. The van der Waals surface area contributed by atoms with E-state index in [2.05, 4.69) is 60.0 Å². The van der Waals surface area contributed by atoms with Crippen LogP contribution in [0.15, 0.2) is 47.8 Å². The number of hydrogen-bond donors (Lipinski definition) is 1. The Kier molecular flexibility index (Phi) is 6.09. The predicted octanol–water partition coefficient (Wildman–Crippen LogP) is 6.54. The lowest BCUT2D eigenvalue weighted by Gasteiger charge is -2.17. The van der Waals surface area contributed by atoms with Crippen LogP contribution in [0.2, 0.25) is 10.0 Å². The second-order valence-corrected chi connectivity index (χ2v) is 7.95. The normalized spacial score (nSPS) is 11.0. The van der Waals surface area contributed by atoms with Gasteiger partial charge in [0.2, 0.25) is 0 Å². The summed E-state index contributed by atoms with van der Waals surface area (Å²) in [5.74, 6) is 0.584.